The number of carbonyl (C=O) groups is 1. The number of urea groups is 1. The van der Waals surface area contributed by atoms with Crippen LogP contribution in [0.25, 0.3) is 0 Å². The van der Waals surface area contributed by atoms with Gasteiger partial charge in [0.05, 0.1) is 0 Å². The SMILES string of the molecule is Cc1cc(C)c(NC(=O)N2CCc3ccccc32)c(C)c1. The summed E-state index contributed by atoms with van der Waals surface area (Å²) >= 11 is 0. The molecule has 0 radical (unpaired) electrons. The van der Waals surface area contributed by atoms with Crippen LogP contribution in [0.2, 0.25) is 0 Å². The second-order valence-electron chi connectivity index (χ2n) is 5.73. The van der Waals surface area contributed by atoms with Crippen molar-refractivity contribution < 1.29 is 4.79 Å². The van der Waals surface area contributed by atoms with E-state index in [1.807, 2.05) is 36.9 Å². The Labute approximate surface area is 125 Å². The maximum atomic E-state index is 12.6. The second kappa shape index (κ2) is 5.24. The van der Waals surface area contributed by atoms with Gasteiger partial charge in [-0.25, -0.2) is 4.79 Å². The predicted octanol–water partition coefficient (Wildman–Crippen LogP) is 4.21. The van der Waals surface area contributed by atoms with E-state index in [9.17, 15) is 4.79 Å². The number of aryl methyl sites for hydroxylation is 3. The zero-order chi connectivity index (χ0) is 15.0. The Kier molecular flexibility index (Phi) is 3.42. The lowest BCUT2D eigenvalue weighted by Crippen LogP contribution is -2.33. The van der Waals surface area contributed by atoms with Gasteiger partial charge in [-0.15, -0.1) is 0 Å². The van der Waals surface area contributed by atoms with Gasteiger partial charge in [-0.2, -0.15) is 0 Å². The van der Waals surface area contributed by atoms with E-state index in [4.69, 9.17) is 0 Å². The van der Waals surface area contributed by atoms with Gasteiger partial charge in [0.2, 0.25) is 0 Å². The highest BCUT2D eigenvalue weighted by Gasteiger charge is 2.24. The van der Waals surface area contributed by atoms with Crippen LogP contribution in [0.3, 0.4) is 0 Å². The third kappa shape index (κ3) is 2.51. The van der Waals surface area contributed by atoms with E-state index in [1.54, 1.807) is 0 Å². The number of rotatable bonds is 1. The Bertz CT molecular complexity index is 683. The lowest BCUT2D eigenvalue weighted by atomic mass is 10.1. The van der Waals surface area contributed by atoms with E-state index < -0.39 is 0 Å². The highest BCUT2D eigenvalue weighted by Crippen LogP contribution is 2.29. The molecule has 0 aromatic heterocycles. The van der Waals surface area contributed by atoms with Crippen molar-refractivity contribution in [3.05, 3.63) is 58.7 Å². The Hall–Kier alpha value is -2.29. The summed E-state index contributed by atoms with van der Waals surface area (Å²) in [4.78, 5) is 14.4. The number of anilines is 2. The van der Waals surface area contributed by atoms with Crippen molar-refractivity contribution in [3.63, 3.8) is 0 Å². The summed E-state index contributed by atoms with van der Waals surface area (Å²) in [7, 11) is 0. The molecule has 2 aromatic carbocycles. The summed E-state index contributed by atoms with van der Waals surface area (Å²) in [5, 5.41) is 3.08. The Morgan fingerprint density at radius 2 is 1.76 bits per heavy atom. The van der Waals surface area contributed by atoms with E-state index in [-0.39, 0.29) is 6.03 Å². The summed E-state index contributed by atoms with van der Waals surface area (Å²) in [6.07, 6.45) is 0.926. The van der Waals surface area contributed by atoms with E-state index in [1.165, 1.54) is 11.1 Å². The van der Waals surface area contributed by atoms with Crippen molar-refractivity contribution in [2.24, 2.45) is 0 Å². The van der Waals surface area contributed by atoms with Crippen LogP contribution in [0.4, 0.5) is 16.2 Å². The molecule has 0 bridgehead atoms. The highest BCUT2D eigenvalue weighted by atomic mass is 16.2. The van der Waals surface area contributed by atoms with Crippen molar-refractivity contribution in [1.29, 1.82) is 0 Å². The molecule has 0 aliphatic carbocycles. The number of hydrogen-bond acceptors (Lipinski definition) is 1. The van der Waals surface area contributed by atoms with Crippen LogP contribution in [0.1, 0.15) is 22.3 Å². The lowest BCUT2D eigenvalue weighted by Gasteiger charge is -2.20. The molecule has 3 heteroatoms. The fourth-order valence-electron chi connectivity index (χ4n) is 3.10. The second-order valence-corrected chi connectivity index (χ2v) is 5.73. The molecule has 21 heavy (non-hydrogen) atoms. The van der Waals surface area contributed by atoms with Crippen molar-refractivity contribution in [2.45, 2.75) is 27.2 Å². The van der Waals surface area contributed by atoms with Gasteiger partial charge in [0.25, 0.3) is 0 Å². The summed E-state index contributed by atoms with van der Waals surface area (Å²) in [6, 6.07) is 12.2. The molecular formula is C18H20N2O. The van der Waals surface area contributed by atoms with Crippen LogP contribution in [0, 0.1) is 20.8 Å². The van der Waals surface area contributed by atoms with Gasteiger partial charge in [-0.05, 0) is 49.9 Å². The predicted molar refractivity (Wildman–Crippen MR) is 87.2 cm³/mol. The number of nitrogens with zero attached hydrogens (tertiary/aromatic N) is 1. The van der Waals surface area contributed by atoms with Gasteiger partial charge in [0, 0.05) is 17.9 Å². The zero-order valence-corrected chi connectivity index (χ0v) is 12.7. The van der Waals surface area contributed by atoms with Gasteiger partial charge < -0.3 is 5.32 Å². The molecule has 0 unspecified atom stereocenters. The summed E-state index contributed by atoms with van der Waals surface area (Å²) < 4.78 is 0. The van der Waals surface area contributed by atoms with Crippen LogP contribution < -0.4 is 10.2 Å². The molecule has 0 saturated heterocycles. The number of amides is 2. The number of nitrogens with one attached hydrogen (secondary N) is 1. The molecule has 1 heterocycles. The third-order valence-corrected chi connectivity index (χ3v) is 4.04. The van der Waals surface area contributed by atoms with Crippen LogP contribution in [0.5, 0.6) is 0 Å². The summed E-state index contributed by atoms with van der Waals surface area (Å²) in [6.45, 7) is 6.89. The molecule has 0 fully saturated rings. The normalized spacial score (nSPS) is 13.2. The molecule has 0 atom stereocenters. The first-order valence-electron chi connectivity index (χ1n) is 7.30. The number of hydrogen-bond donors (Lipinski definition) is 1. The van der Waals surface area contributed by atoms with Gasteiger partial charge in [-0.3, -0.25) is 4.90 Å². The molecule has 3 rings (SSSR count). The lowest BCUT2D eigenvalue weighted by molar-refractivity contribution is 0.257. The average molecular weight is 280 g/mol. The van der Waals surface area contributed by atoms with E-state index in [0.29, 0.717) is 0 Å². The standard InChI is InChI=1S/C18H20N2O/c1-12-10-13(2)17(14(3)11-12)19-18(21)20-9-8-15-6-4-5-7-16(15)20/h4-7,10-11H,8-9H2,1-3H3,(H,19,21). The quantitative estimate of drug-likeness (QED) is 0.834. The van der Waals surface area contributed by atoms with Gasteiger partial charge in [-0.1, -0.05) is 35.9 Å². The van der Waals surface area contributed by atoms with Crippen molar-refractivity contribution >= 4 is 17.4 Å². The topological polar surface area (TPSA) is 32.3 Å². The van der Waals surface area contributed by atoms with Crippen LogP contribution in [0.15, 0.2) is 36.4 Å². The first-order valence-corrected chi connectivity index (χ1v) is 7.30. The van der Waals surface area contributed by atoms with Gasteiger partial charge in [0.15, 0.2) is 0 Å². The molecule has 0 spiro atoms. The summed E-state index contributed by atoms with van der Waals surface area (Å²) in [5.41, 5.74) is 6.62. The molecule has 2 aromatic rings. The fourth-order valence-corrected chi connectivity index (χ4v) is 3.10. The largest absolute Gasteiger partial charge is 0.326 e. The Morgan fingerprint density at radius 1 is 1.10 bits per heavy atom. The maximum absolute atomic E-state index is 12.6. The van der Waals surface area contributed by atoms with E-state index in [2.05, 4.69) is 30.4 Å². The summed E-state index contributed by atoms with van der Waals surface area (Å²) in [5.74, 6) is 0. The average Bonchev–Trinajstić information content (AvgIpc) is 2.86. The van der Waals surface area contributed by atoms with E-state index >= 15 is 0 Å². The first-order chi connectivity index (χ1) is 10.1. The van der Waals surface area contributed by atoms with Crippen LogP contribution >= 0.6 is 0 Å². The fraction of sp³-hybridized carbons (Fsp3) is 0.278. The highest BCUT2D eigenvalue weighted by molar-refractivity contribution is 6.03. The molecule has 3 nitrogen and oxygen atoms in total. The minimum absolute atomic E-state index is 0.0463. The zero-order valence-electron chi connectivity index (χ0n) is 12.7. The number of benzene rings is 2. The maximum Gasteiger partial charge on any atom is 0.326 e. The van der Waals surface area contributed by atoms with Gasteiger partial charge in [0.1, 0.15) is 0 Å². The molecule has 2 amide bonds. The molecule has 0 saturated carbocycles. The Balaban J connectivity index is 1.86. The number of fused-ring (bicyclic) bond motifs is 1. The molecular weight excluding hydrogens is 260 g/mol. The van der Waals surface area contributed by atoms with Crippen molar-refractivity contribution in [1.82, 2.24) is 0 Å². The van der Waals surface area contributed by atoms with E-state index in [0.717, 1.165) is 35.5 Å². The molecule has 1 aliphatic rings. The molecule has 1 aliphatic heterocycles. The Morgan fingerprint density at radius 3 is 2.48 bits per heavy atom. The van der Waals surface area contributed by atoms with Gasteiger partial charge >= 0.3 is 6.03 Å². The number of para-hydroxylation sites is 1. The minimum atomic E-state index is -0.0463. The van der Waals surface area contributed by atoms with Crippen LogP contribution in [-0.2, 0) is 6.42 Å². The molecule has 1 N–H and O–H groups in total. The van der Waals surface area contributed by atoms with Crippen LogP contribution in [-0.4, -0.2) is 12.6 Å². The first kappa shape index (κ1) is 13.7. The van der Waals surface area contributed by atoms with Crippen molar-refractivity contribution in [2.75, 3.05) is 16.8 Å². The minimum Gasteiger partial charge on any atom is -0.307 e. The molecule has 108 valence electrons. The smallest absolute Gasteiger partial charge is 0.307 e. The number of carbonyl (C=O) groups excluding carboxylic acids is 1. The van der Waals surface area contributed by atoms with Crippen molar-refractivity contribution in [3.8, 4) is 0 Å². The monoisotopic (exact) mass is 280 g/mol. The third-order valence-electron chi connectivity index (χ3n) is 4.04.